The first-order valence-electron chi connectivity index (χ1n) is 5.68. The molecule has 0 aliphatic heterocycles. The van der Waals surface area contributed by atoms with Gasteiger partial charge in [0, 0.05) is 5.92 Å². The van der Waals surface area contributed by atoms with Gasteiger partial charge in [0.05, 0.1) is 15.2 Å². The van der Waals surface area contributed by atoms with Crippen LogP contribution in [0.5, 0.6) is 0 Å². The van der Waals surface area contributed by atoms with Crippen molar-refractivity contribution < 1.29 is 0 Å². The third-order valence-electron chi connectivity index (χ3n) is 3.35. The lowest BCUT2D eigenvalue weighted by Gasteiger charge is -2.03. The summed E-state index contributed by atoms with van der Waals surface area (Å²) >= 11 is 1.89. The van der Waals surface area contributed by atoms with Gasteiger partial charge in [-0.2, -0.15) is 0 Å². The summed E-state index contributed by atoms with van der Waals surface area (Å²) in [5.74, 6) is 1.62. The van der Waals surface area contributed by atoms with Gasteiger partial charge in [-0.3, -0.25) is 0 Å². The zero-order valence-corrected chi connectivity index (χ0v) is 9.76. The van der Waals surface area contributed by atoms with Gasteiger partial charge >= 0.3 is 0 Å². The molecule has 2 atom stereocenters. The Morgan fingerprint density at radius 1 is 1.27 bits per heavy atom. The first-order valence-corrected chi connectivity index (χ1v) is 6.50. The highest BCUT2D eigenvalue weighted by molar-refractivity contribution is 7.18. The van der Waals surface area contributed by atoms with Crippen molar-refractivity contribution in [3.8, 4) is 0 Å². The van der Waals surface area contributed by atoms with E-state index in [9.17, 15) is 0 Å². The fourth-order valence-corrected chi connectivity index (χ4v) is 3.61. The van der Waals surface area contributed by atoms with E-state index in [-0.39, 0.29) is 0 Å². The molecule has 1 nitrogen and oxygen atoms in total. The SMILES string of the molecule is CC1CCC(c2nc3ccccc3s2)C1. The Balaban J connectivity index is 1.98. The van der Waals surface area contributed by atoms with Crippen molar-refractivity contribution in [2.24, 2.45) is 5.92 Å². The largest absolute Gasteiger partial charge is 0.241 e. The molecule has 1 aromatic carbocycles. The minimum Gasteiger partial charge on any atom is -0.241 e. The van der Waals surface area contributed by atoms with Crippen LogP contribution < -0.4 is 0 Å². The van der Waals surface area contributed by atoms with Crippen LogP contribution in [0.25, 0.3) is 10.2 Å². The molecule has 0 N–H and O–H groups in total. The van der Waals surface area contributed by atoms with E-state index in [2.05, 4.69) is 31.2 Å². The number of hydrogen-bond donors (Lipinski definition) is 0. The number of fused-ring (bicyclic) bond motifs is 1. The lowest BCUT2D eigenvalue weighted by atomic mass is 10.1. The molecule has 1 fully saturated rings. The molecule has 2 unspecified atom stereocenters. The zero-order valence-electron chi connectivity index (χ0n) is 8.94. The summed E-state index contributed by atoms with van der Waals surface area (Å²) in [5, 5.41) is 1.36. The van der Waals surface area contributed by atoms with Gasteiger partial charge in [-0.1, -0.05) is 25.5 Å². The van der Waals surface area contributed by atoms with Crippen LogP contribution in [0, 0.1) is 5.92 Å². The monoisotopic (exact) mass is 217 g/mol. The minimum absolute atomic E-state index is 0.734. The van der Waals surface area contributed by atoms with Crippen LogP contribution in [0.3, 0.4) is 0 Å². The minimum atomic E-state index is 0.734. The second kappa shape index (κ2) is 3.60. The van der Waals surface area contributed by atoms with Gasteiger partial charge in [-0.25, -0.2) is 4.98 Å². The fraction of sp³-hybridized carbons (Fsp3) is 0.462. The van der Waals surface area contributed by atoms with Crippen LogP contribution in [-0.4, -0.2) is 4.98 Å². The molecule has 1 heterocycles. The predicted molar refractivity (Wildman–Crippen MR) is 65.4 cm³/mol. The highest BCUT2D eigenvalue weighted by atomic mass is 32.1. The van der Waals surface area contributed by atoms with E-state index in [4.69, 9.17) is 4.98 Å². The van der Waals surface area contributed by atoms with Crippen LogP contribution in [0.4, 0.5) is 0 Å². The molecule has 1 aliphatic rings. The molecular weight excluding hydrogens is 202 g/mol. The summed E-state index contributed by atoms with van der Waals surface area (Å²) in [6, 6.07) is 8.47. The van der Waals surface area contributed by atoms with Crippen LogP contribution in [0.1, 0.15) is 37.1 Å². The van der Waals surface area contributed by atoms with Crippen molar-refractivity contribution in [3.63, 3.8) is 0 Å². The van der Waals surface area contributed by atoms with Crippen LogP contribution in [-0.2, 0) is 0 Å². The zero-order chi connectivity index (χ0) is 10.3. The molecule has 1 aliphatic carbocycles. The van der Waals surface area contributed by atoms with E-state index in [1.165, 1.54) is 34.5 Å². The lowest BCUT2D eigenvalue weighted by molar-refractivity contribution is 0.596. The third-order valence-corrected chi connectivity index (χ3v) is 4.55. The average molecular weight is 217 g/mol. The number of aromatic nitrogens is 1. The maximum atomic E-state index is 4.75. The van der Waals surface area contributed by atoms with Crippen molar-refractivity contribution >= 4 is 21.6 Å². The Hall–Kier alpha value is -0.890. The molecule has 0 amide bonds. The fourth-order valence-electron chi connectivity index (χ4n) is 2.50. The molecule has 1 aromatic heterocycles. The van der Waals surface area contributed by atoms with Gasteiger partial charge in [0.1, 0.15) is 0 Å². The predicted octanol–water partition coefficient (Wildman–Crippen LogP) is 4.20. The second-order valence-electron chi connectivity index (χ2n) is 4.63. The van der Waals surface area contributed by atoms with E-state index in [1.807, 2.05) is 11.3 Å². The molecule has 78 valence electrons. The Morgan fingerprint density at radius 3 is 2.87 bits per heavy atom. The van der Waals surface area contributed by atoms with Crippen molar-refractivity contribution in [2.75, 3.05) is 0 Å². The molecule has 2 heteroatoms. The molecule has 0 radical (unpaired) electrons. The molecule has 0 saturated heterocycles. The first-order chi connectivity index (χ1) is 7.33. The second-order valence-corrected chi connectivity index (χ2v) is 5.70. The third kappa shape index (κ3) is 1.67. The highest BCUT2D eigenvalue weighted by Crippen LogP contribution is 2.40. The van der Waals surface area contributed by atoms with Crippen molar-refractivity contribution in [3.05, 3.63) is 29.3 Å². The lowest BCUT2D eigenvalue weighted by Crippen LogP contribution is -1.91. The van der Waals surface area contributed by atoms with Crippen LogP contribution >= 0.6 is 11.3 Å². The summed E-state index contributed by atoms with van der Waals surface area (Å²) in [5.41, 5.74) is 1.18. The molecule has 2 aromatic rings. The van der Waals surface area contributed by atoms with Gasteiger partial charge < -0.3 is 0 Å². The van der Waals surface area contributed by atoms with Gasteiger partial charge in [-0.15, -0.1) is 11.3 Å². The van der Waals surface area contributed by atoms with Crippen molar-refractivity contribution in [1.82, 2.24) is 4.98 Å². The number of hydrogen-bond acceptors (Lipinski definition) is 2. The molecule has 15 heavy (non-hydrogen) atoms. The number of nitrogens with zero attached hydrogens (tertiary/aromatic N) is 1. The van der Waals surface area contributed by atoms with Gasteiger partial charge in [0.15, 0.2) is 0 Å². The van der Waals surface area contributed by atoms with E-state index < -0.39 is 0 Å². The van der Waals surface area contributed by atoms with Gasteiger partial charge in [-0.05, 0) is 30.9 Å². The van der Waals surface area contributed by atoms with E-state index >= 15 is 0 Å². The van der Waals surface area contributed by atoms with Gasteiger partial charge in [0.25, 0.3) is 0 Å². The van der Waals surface area contributed by atoms with Crippen molar-refractivity contribution in [1.29, 1.82) is 0 Å². The highest BCUT2D eigenvalue weighted by Gasteiger charge is 2.25. The molecule has 0 spiro atoms. The van der Waals surface area contributed by atoms with Crippen LogP contribution in [0.15, 0.2) is 24.3 Å². The smallest absolute Gasteiger partial charge is 0.0969 e. The summed E-state index contributed by atoms with van der Waals surface area (Å²) in [6.45, 7) is 2.35. The normalized spacial score (nSPS) is 26.2. The molecule has 3 rings (SSSR count). The van der Waals surface area contributed by atoms with Crippen LogP contribution in [0.2, 0.25) is 0 Å². The molecule has 1 saturated carbocycles. The quantitative estimate of drug-likeness (QED) is 0.697. The average Bonchev–Trinajstić information content (AvgIpc) is 2.82. The summed E-state index contributed by atoms with van der Waals surface area (Å²) in [4.78, 5) is 4.75. The van der Waals surface area contributed by atoms with Gasteiger partial charge in [0.2, 0.25) is 0 Å². The first kappa shape index (κ1) is 9.34. The number of benzene rings is 1. The van der Waals surface area contributed by atoms with E-state index in [0.29, 0.717) is 0 Å². The van der Waals surface area contributed by atoms with E-state index in [1.54, 1.807) is 0 Å². The Morgan fingerprint density at radius 2 is 2.13 bits per heavy atom. The number of thiazole rings is 1. The summed E-state index contributed by atoms with van der Waals surface area (Å²) in [7, 11) is 0. The maximum absolute atomic E-state index is 4.75. The number of para-hydroxylation sites is 1. The Labute approximate surface area is 94.2 Å². The maximum Gasteiger partial charge on any atom is 0.0969 e. The van der Waals surface area contributed by atoms with Crippen molar-refractivity contribution in [2.45, 2.75) is 32.1 Å². The number of rotatable bonds is 1. The standard InChI is InChI=1S/C13H15NS/c1-9-6-7-10(8-9)13-14-11-4-2-3-5-12(11)15-13/h2-5,9-10H,6-8H2,1H3. The van der Waals surface area contributed by atoms with E-state index in [0.717, 1.165) is 11.8 Å². The Bertz CT molecular complexity index is 441. The molecule has 0 bridgehead atoms. The summed E-state index contributed by atoms with van der Waals surface area (Å²) in [6.07, 6.45) is 4.04. The topological polar surface area (TPSA) is 12.9 Å². The Kier molecular flexibility index (Phi) is 2.24. The molecular formula is C13H15NS. The summed E-state index contributed by atoms with van der Waals surface area (Å²) < 4.78 is 1.34.